The van der Waals surface area contributed by atoms with E-state index in [2.05, 4.69) is 4.72 Å². The first kappa shape index (κ1) is 18.4. The minimum atomic E-state index is -3.87. The fourth-order valence-corrected chi connectivity index (χ4v) is 3.83. The Morgan fingerprint density at radius 1 is 0.833 bits per heavy atom. The predicted molar refractivity (Wildman–Crippen MR) is 93.8 cm³/mol. The Morgan fingerprint density at radius 2 is 1.33 bits per heavy atom. The van der Waals surface area contributed by atoms with E-state index >= 15 is 0 Å². The van der Waals surface area contributed by atoms with Gasteiger partial charge in [-0.2, -0.15) is 0 Å². The molecule has 0 bridgehead atoms. The second-order valence-electron chi connectivity index (χ2n) is 6.42. The normalized spacial score (nSPS) is 12.8. The van der Waals surface area contributed by atoms with Gasteiger partial charge >= 0.3 is 0 Å². The molecule has 0 spiro atoms. The molecule has 0 aliphatic heterocycles. The number of rotatable bonds is 4. The fourth-order valence-electron chi connectivity index (χ4n) is 2.24. The lowest BCUT2D eigenvalue weighted by Crippen LogP contribution is -2.19. The van der Waals surface area contributed by atoms with Crippen LogP contribution in [0.2, 0.25) is 0 Å². The number of nitrogens with two attached hydrogens (primary N) is 1. The number of primary sulfonamides is 1. The molecule has 130 valence electrons. The zero-order valence-electron chi connectivity index (χ0n) is 13.6. The van der Waals surface area contributed by atoms with Crippen molar-refractivity contribution in [3.63, 3.8) is 0 Å². The van der Waals surface area contributed by atoms with Crippen LogP contribution >= 0.6 is 0 Å². The van der Waals surface area contributed by atoms with Crippen molar-refractivity contribution in [1.82, 2.24) is 0 Å². The second kappa shape index (κ2) is 6.19. The predicted octanol–water partition coefficient (Wildman–Crippen LogP) is 2.43. The first-order valence-electron chi connectivity index (χ1n) is 7.16. The highest BCUT2D eigenvalue weighted by atomic mass is 32.2. The third-order valence-corrected chi connectivity index (χ3v) is 5.75. The van der Waals surface area contributed by atoms with Crippen LogP contribution in [0.25, 0.3) is 0 Å². The number of anilines is 1. The molecule has 0 fully saturated rings. The van der Waals surface area contributed by atoms with E-state index in [1.807, 2.05) is 32.9 Å². The zero-order valence-corrected chi connectivity index (χ0v) is 15.3. The van der Waals surface area contributed by atoms with Gasteiger partial charge in [0.15, 0.2) is 0 Å². The van der Waals surface area contributed by atoms with Crippen molar-refractivity contribution in [3.05, 3.63) is 54.1 Å². The van der Waals surface area contributed by atoms with Crippen LogP contribution in [0.5, 0.6) is 0 Å². The first-order chi connectivity index (χ1) is 10.9. The number of para-hydroxylation sites is 1. The third kappa shape index (κ3) is 4.14. The second-order valence-corrected chi connectivity index (χ2v) is 9.66. The Labute approximate surface area is 142 Å². The monoisotopic (exact) mass is 368 g/mol. The van der Waals surface area contributed by atoms with E-state index in [1.54, 1.807) is 12.1 Å². The summed E-state index contributed by atoms with van der Waals surface area (Å²) in [5.41, 5.74) is 1.10. The minimum Gasteiger partial charge on any atom is -0.279 e. The van der Waals surface area contributed by atoms with E-state index in [4.69, 9.17) is 5.14 Å². The van der Waals surface area contributed by atoms with Crippen molar-refractivity contribution in [1.29, 1.82) is 0 Å². The summed E-state index contributed by atoms with van der Waals surface area (Å²) >= 11 is 0. The maximum Gasteiger partial charge on any atom is 0.261 e. The summed E-state index contributed by atoms with van der Waals surface area (Å²) < 4.78 is 50.2. The average Bonchev–Trinajstić information content (AvgIpc) is 2.45. The number of hydrogen-bond donors (Lipinski definition) is 2. The van der Waals surface area contributed by atoms with Gasteiger partial charge in [0.25, 0.3) is 10.0 Å². The van der Waals surface area contributed by atoms with Crippen LogP contribution in [0.4, 0.5) is 5.69 Å². The Bertz CT molecular complexity index is 942. The van der Waals surface area contributed by atoms with Gasteiger partial charge in [-0.3, -0.25) is 4.72 Å². The Hall–Kier alpha value is -1.90. The van der Waals surface area contributed by atoms with Crippen LogP contribution in [0, 0.1) is 0 Å². The van der Waals surface area contributed by atoms with Crippen LogP contribution in [0.15, 0.2) is 58.3 Å². The minimum absolute atomic E-state index is 0.0430. The summed E-state index contributed by atoms with van der Waals surface area (Å²) in [7, 11) is -7.71. The van der Waals surface area contributed by atoms with Crippen molar-refractivity contribution < 1.29 is 16.8 Å². The van der Waals surface area contributed by atoms with E-state index < -0.39 is 20.0 Å². The molecular weight excluding hydrogens is 348 g/mol. The van der Waals surface area contributed by atoms with Crippen molar-refractivity contribution in [2.45, 2.75) is 36.0 Å². The topological polar surface area (TPSA) is 106 Å². The smallest absolute Gasteiger partial charge is 0.261 e. The third-order valence-electron chi connectivity index (χ3n) is 3.44. The molecule has 0 saturated carbocycles. The maximum absolute atomic E-state index is 12.5. The molecule has 0 aliphatic carbocycles. The van der Waals surface area contributed by atoms with Gasteiger partial charge in [0, 0.05) is 0 Å². The molecule has 0 atom stereocenters. The molecule has 2 aromatic carbocycles. The van der Waals surface area contributed by atoms with Crippen LogP contribution < -0.4 is 9.86 Å². The van der Waals surface area contributed by atoms with Gasteiger partial charge < -0.3 is 0 Å². The molecule has 0 saturated heterocycles. The Kier molecular flexibility index (Phi) is 4.76. The van der Waals surface area contributed by atoms with Gasteiger partial charge in [-0.25, -0.2) is 22.0 Å². The highest BCUT2D eigenvalue weighted by Crippen LogP contribution is 2.30. The molecule has 0 aromatic heterocycles. The molecule has 2 aromatic rings. The van der Waals surface area contributed by atoms with Gasteiger partial charge in [-0.05, 0) is 41.3 Å². The fraction of sp³-hybridized carbons (Fsp3) is 0.250. The molecule has 0 radical (unpaired) electrons. The van der Waals surface area contributed by atoms with E-state index in [1.165, 1.54) is 24.3 Å². The van der Waals surface area contributed by atoms with Gasteiger partial charge in [-0.1, -0.05) is 39.0 Å². The number of benzene rings is 2. The molecular formula is C16H20N2O4S2. The Balaban J connectivity index is 2.40. The maximum atomic E-state index is 12.5. The summed E-state index contributed by atoms with van der Waals surface area (Å²) in [5.74, 6) is 0. The van der Waals surface area contributed by atoms with Crippen LogP contribution in [-0.4, -0.2) is 16.8 Å². The SMILES string of the molecule is CC(C)(C)c1ccccc1NS(=O)(=O)c1ccc(S(N)(=O)=O)cc1. The molecule has 0 aliphatic rings. The van der Waals surface area contributed by atoms with Gasteiger partial charge in [0.2, 0.25) is 10.0 Å². The van der Waals surface area contributed by atoms with Crippen molar-refractivity contribution in [3.8, 4) is 0 Å². The zero-order chi connectivity index (χ0) is 18.2. The number of nitrogens with one attached hydrogen (secondary N) is 1. The highest BCUT2D eigenvalue weighted by Gasteiger charge is 2.22. The van der Waals surface area contributed by atoms with E-state index in [-0.39, 0.29) is 15.2 Å². The lowest BCUT2D eigenvalue weighted by Gasteiger charge is -2.23. The lowest BCUT2D eigenvalue weighted by molar-refractivity contribution is 0.589. The molecule has 24 heavy (non-hydrogen) atoms. The quantitative estimate of drug-likeness (QED) is 0.864. The van der Waals surface area contributed by atoms with Gasteiger partial charge in [0.1, 0.15) is 0 Å². The number of sulfonamides is 2. The largest absolute Gasteiger partial charge is 0.279 e. The molecule has 0 unspecified atom stereocenters. The van der Waals surface area contributed by atoms with Gasteiger partial charge in [-0.15, -0.1) is 0 Å². The average molecular weight is 368 g/mol. The standard InChI is InChI=1S/C16H20N2O4S2/c1-16(2,3)14-6-4-5-7-15(14)18-24(21,22)13-10-8-12(9-11-13)23(17,19)20/h4-11,18H,1-3H3,(H2,17,19,20). The van der Waals surface area contributed by atoms with Crippen LogP contribution in [-0.2, 0) is 25.5 Å². The Morgan fingerprint density at radius 3 is 1.83 bits per heavy atom. The molecule has 3 N–H and O–H groups in total. The molecule has 2 rings (SSSR count). The summed E-state index contributed by atoms with van der Waals surface area (Å²) in [6, 6.07) is 11.9. The summed E-state index contributed by atoms with van der Waals surface area (Å²) in [6.45, 7) is 5.96. The first-order valence-corrected chi connectivity index (χ1v) is 10.2. The van der Waals surface area contributed by atoms with Crippen LogP contribution in [0.1, 0.15) is 26.3 Å². The van der Waals surface area contributed by atoms with Gasteiger partial charge in [0.05, 0.1) is 15.5 Å². The molecule has 6 nitrogen and oxygen atoms in total. The molecule has 0 amide bonds. The van der Waals surface area contributed by atoms with E-state index in [0.29, 0.717) is 5.69 Å². The lowest BCUT2D eigenvalue weighted by atomic mass is 9.86. The van der Waals surface area contributed by atoms with E-state index in [9.17, 15) is 16.8 Å². The van der Waals surface area contributed by atoms with Crippen molar-refractivity contribution in [2.24, 2.45) is 5.14 Å². The number of hydrogen-bond acceptors (Lipinski definition) is 4. The molecule has 0 heterocycles. The summed E-state index contributed by atoms with van der Waals surface area (Å²) in [4.78, 5) is -0.185. The van der Waals surface area contributed by atoms with Crippen molar-refractivity contribution >= 4 is 25.7 Å². The summed E-state index contributed by atoms with van der Waals surface area (Å²) in [6.07, 6.45) is 0. The highest BCUT2D eigenvalue weighted by molar-refractivity contribution is 7.92. The van der Waals surface area contributed by atoms with Crippen molar-refractivity contribution in [2.75, 3.05) is 4.72 Å². The van der Waals surface area contributed by atoms with Crippen LogP contribution in [0.3, 0.4) is 0 Å². The van der Waals surface area contributed by atoms with E-state index in [0.717, 1.165) is 5.56 Å². The summed E-state index contributed by atoms with van der Waals surface area (Å²) in [5, 5.41) is 5.01. The molecule has 8 heteroatoms.